The van der Waals surface area contributed by atoms with Gasteiger partial charge in [0.15, 0.2) is 0 Å². The lowest BCUT2D eigenvalue weighted by atomic mass is 10.3. The summed E-state index contributed by atoms with van der Waals surface area (Å²) < 4.78 is 5.37. The second-order valence-electron chi connectivity index (χ2n) is 4.14. The van der Waals surface area contributed by atoms with E-state index in [0.717, 1.165) is 0 Å². The molecule has 21 heavy (non-hydrogen) atoms. The zero-order chi connectivity index (χ0) is 15.1. The number of ether oxygens (including phenoxy) is 1. The van der Waals surface area contributed by atoms with Crippen molar-refractivity contribution >= 4 is 23.4 Å². The molecule has 0 aliphatic heterocycles. The summed E-state index contributed by atoms with van der Waals surface area (Å²) in [4.78, 5) is 25.8. The molecule has 1 heterocycles. The number of hydrogen-bond donors (Lipinski definition) is 3. The highest BCUT2D eigenvalue weighted by molar-refractivity contribution is 6.30. The molecule has 2 rings (SSSR count). The highest BCUT2D eigenvalue weighted by Gasteiger charge is 2.07. The molecule has 0 bridgehead atoms. The number of carbonyl (C=O) groups excluding carboxylic acids is 2. The van der Waals surface area contributed by atoms with Gasteiger partial charge in [0.2, 0.25) is 5.91 Å². The summed E-state index contributed by atoms with van der Waals surface area (Å²) in [5.74, 6) is -0.126. The first-order chi connectivity index (χ1) is 10.1. The molecular weight excluding hydrogens is 294 g/mol. The van der Waals surface area contributed by atoms with E-state index in [1.165, 1.54) is 0 Å². The number of amides is 2. The summed E-state index contributed by atoms with van der Waals surface area (Å²) in [5.41, 5.74) is 4.97. The van der Waals surface area contributed by atoms with Crippen LogP contribution in [-0.4, -0.2) is 23.4 Å². The smallest absolute Gasteiger partial charge is 0.286 e. The Bertz CT molecular complexity index is 596. The molecular formula is C14H14ClN3O3. The maximum atomic E-state index is 11.5. The van der Waals surface area contributed by atoms with Crippen LogP contribution in [0.1, 0.15) is 16.9 Å². The van der Waals surface area contributed by atoms with Gasteiger partial charge in [-0.2, -0.15) is 0 Å². The highest BCUT2D eigenvalue weighted by Crippen LogP contribution is 2.15. The summed E-state index contributed by atoms with van der Waals surface area (Å²) >= 11 is 5.75. The van der Waals surface area contributed by atoms with Crippen molar-refractivity contribution in [1.29, 1.82) is 0 Å². The Kier molecular flexibility index (Phi) is 5.22. The number of halogens is 1. The van der Waals surface area contributed by atoms with Crippen LogP contribution in [0.25, 0.3) is 0 Å². The van der Waals surface area contributed by atoms with Crippen molar-refractivity contribution in [1.82, 2.24) is 15.8 Å². The van der Waals surface area contributed by atoms with E-state index in [1.54, 1.807) is 42.6 Å². The standard InChI is InChI=1S/C14H14ClN3O3/c15-10-3-5-11(6-4-10)21-9-7-13(19)17-18-14(20)12-2-1-8-16-12/h1-6,8,16H,7,9H2,(H,17,19)(H,18,20). The number of nitrogens with one attached hydrogen (secondary N) is 3. The molecule has 3 N–H and O–H groups in total. The Morgan fingerprint density at radius 3 is 2.57 bits per heavy atom. The molecule has 0 aliphatic carbocycles. The Hall–Kier alpha value is -2.47. The van der Waals surface area contributed by atoms with Gasteiger partial charge in [-0.3, -0.25) is 20.4 Å². The van der Waals surface area contributed by atoms with Crippen LogP contribution in [0.15, 0.2) is 42.6 Å². The third kappa shape index (κ3) is 4.85. The predicted molar refractivity (Wildman–Crippen MR) is 78.0 cm³/mol. The lowest BCUT2D eigenvalue weighted by Gasteiger charge is -2.08. The van der Waals surface area contributed by atoms with Crippen molar-refractivity contribution in [2.24, 2.45) is 0 Å². The predicted octanol–water partition coefficient (Wildman–Crippen LogP) is 1.90. The van der Waals surface area contributed by atoms with E-state index in [2.05, 4.69) is 15.8 Å². The number of hydrogen-bond acceptors (Lipinski definition) is 3. The van der Waals surface area contributed by atoms with Crippen molar-refractivity contribution < 1.29 is 14.3 Å². The molecule has 0 unspecified atom stereocenters. The maximum absolute atomic E-state index is 11.5. The van der Waals surface area contributed by atoms with Gasteiger partial charge in [0.25, 0.3) is 5.91 Å². The van der Waals surface area contributed by atoms with E-state index in [4.69, 9.17) is 16.3 Å². The molecule has 6 nitrogen and oxygen atoms in total. The molecule has 0 fully saturated rings. The quantitative estimate of drug-likeness (QED) is 0.738. The monoisotopic (exact) mass is 307 g/mol. The summed E-state index contributed by atoms with van der Waals surface area (Å²) in [7, 11) is 0. The van der Waals surface area contributed by atoms with Crippen LogP contribution >= 0.6 is 11.6 Å². The average molecular weight is 308 g/mol. The van der Waals surface area contributed by atoms with Gasteiger partial charge in [0.1, 0.15) is 11.4 Å². The van der Waals surface area contributed by atoms with Crippen molar-refractivity contribution in [3.05, 3.63) is 53.3 Å². The molecule has 2 aromatic rings. The Morgan fingerprint density at radius 2 is 1.90 bits per heavy atom. The van der Waals surface area contributed by atoms with Crippen LogP contribution in [0.2, 0.25) is 5.02 Å². The highest BCUT2D eigenvalue weighted by atomic mass is 35.5. The lowest BCUT2D eigenvalue weighted by molar-refractivity contribution is -0.122. The normalized spacial score (nSPS) is 9.95. The maximum Gasteiger partial charge on any atom is 0.286 e. The van der Waals surface area contributed by atoms with Crippen LogP contribution in [0.5, 0.6) is 5.75 Å². The van der Waals surface area contributed by atoms with Crippen molar-refractivity contribution in [3.63, 3.8) is 0 Å². The van der Waals surface area contributed by atoms with Crippen LogP contribution in [0.3, 0.4) is 0 Å². The number of benzene rings is 1. The minimum Gasteiger partial charge on any atom is -0.493 e. The van der Waals surface area contributed by atoms with Crippen molar-refractivity contribution in [2.45, 2.75) is 6.42 Å². The minimum atomic E-state index is -0.410. The van der Waals surface area contributed by atoms with E-state index in [0.29, 0.717) is 16.5 Å². The van der Waals surface area contributed by atoms with Gasteiger partial charge in [-0.1, -0.05) is 11.6 Å². The Morgan fingerprint density at radius 1 is 1.14 bits per heavy atom. The summed E-state index contributed by atoms with van der Waals surface area (Å²) in [6.07, 6.45) is 1.74. The molecule has 0 saturated carbocycles. The van der Waals surface area contributed by atoms with Gasteiger partial charge < -0.3 is 9.72 Å². The largest absolute Gasteiger partial charge is 0.493 e. The first-order valence-electron chi connectivity index (χ1n) is 6.26. The zero-order valence-corrected chi connectivity index (χ0v) is 11.8. The van der Waals surface area contributed by atoms with E-state index in [1.807, 2.05) is 0 Å². The van der Waals surface area contributed by atoms with Crippen molar-refractivity contribution in [3.8, 4) is 5.75 Å². The van der Waals surface area contributed by atoms with Gasteiger partial charge in [0, 0.05) is 11.2 Å². The Labute approximate surface area is 126 Å². The first kappa shape index (κ1) is 14.9. The molecule has 0 saturated heterocycles. The number of carbonyl (C=O) groups is 2. The van der Waals surface area contributed by atoms with E-state index in [9.17, 15) is 9.59 Å². The third-order valence-corrected chi connectivity index (χ3v) is 2.82. The fourth-order valence-corrected chi connectivity index (χ4v) is 1.65. The van der Waals surface area contributed by atoms with Gasteiger partial charge >= 0.3 is 0 Å². The fourth-order valence-electron chi connectivity index (χ4n) is 1.52. The summed E-state index contributed by atoms with van der Waals surface area (Å²) in [6.45, 7) is 0.200. The first-order valence-corrected chi connectivity index (χ1v) is 6.64. The van der Waals surface area contributed by atoms with E-state index < -0.39 is 5.91 Å². The molecule has 1 aromatic heterocycles. The molecule has 0 radical (unpaired) electrons. The van der Waals surface area contributed by atoms with Crippen molar-refractivity contribution in [2.75, 3.05) is 6.61 Å². The molecule has 0 aliphatic rings. The van der Waals surface area contributed by atoms with Gasteiger partial charge in [-0.05, 0) is 36.4 Å². The van der Waals surface area contributed by atoms with Gasteiger partial charge in [0.05, 0.1) is 13.0 Å². The number of rotatable bonds is 5. The zero-order valence-electron chi connectivity index (χ0n) is 11.1. The second-order valence-corrected chi connectivity index (χ2v) is 4.57. The number of aromatic amines is 1. The molecule has 0 spiro atoms. The molecule has 1 aromatic carbocycles. The summed E-state index contributed by atoms with van der Waals surface area (Å²) in [6, 6.07) is 10.1. The topological polar surface area (TPSA) is 83.2 Å². The van der Waals surface area contributed by atoms with Crippen LogP contribution in [0.4, 0.5) is 0 Å². The summed E-state index contributed by atoms with van der Waals surface area (Å²) in [5, 5.41) is 0.618. The van der Waals surface area contributed by atoms with Gasteiger partial charge in [-0.25, -0.2) is 0 Å². The molecule has 0 atom stereocenters. The van der Waals surface area contributed by atoms with Gasteiger partial charge in [-0.15, -0.1) is 0 Å². The minimum absolute atomic E-state index is 0.119. The van der Waals surface area contributed by atoms with Crippen LogP contribution < -0.4 is 15.6 Å². The Balaban J connectivity index is 1.66. The fraction of sp³-hybridized carbons (Fsp3) is 0.143. The molecule has 110 valence electrons. The SMILES string of the molecule is O=C(CCOc1ccc(Cl)cc1)NNC(=O)c1ccc[nH]1. The average Bonchev–Trinajstić information content (AvgIpc) is 3.01. The number of aromatic nitrogens is 1. The van der Waals surface area contributed by atoms with E-state index in [-0.39, 0.29) is 18.9 Å². The van der Waals surface area contributed by atoms with E-state index >= 15 is 0 Å². The van der Waals surface area contributed by atoms with Crippen LogP contribution in [0, 0.1) is 0 Å². The molecule has 7 heteroatoms. The van der Waals surface area contributed by atoms with Crippen LogP contribution in [-0.2, 0) is 4.79 Å². The number of H-pyrrole nitrogens is 1. The third-order valence-electron chi connectivity index (χ3n) is 2.57. The second kappa shape index (κ2) is 7.35. The molecule has 2 amide bonds. The number of hydrazine groups is 1. The lowest BCUT2D eigenvalue weighted by Crippen LogP contribution is -2.42.